The van der Waals surface area contributed by atoms with Gasteiger partial charge < -0.3 is 16.0 Å². The Balaban J connectivity index is 0.00000242. The van der Waals surface area contributed by atoms with Crippen LogP contribution in [-0.2, 0) is 16.0 Å². The van der Waals surface area contributed by atoms with Gasteiger partial charge in [-0.1, -0.05) is 30.3 Å². The minimum atomic E-state index is -0.0478. The Bertz CT molecular complexity index is 462. The van der Waals surface area contributed by atoms with Gasteiger partial charge in [-0.3, -0.25) is 9.59 Å². The third-order valence-corrected chi connectivity index (χ3v) is 3.54. The standard InChI is InChI=1S/C16H23N3O2.ClH/c20-15(19-14-7-4-9-17-12-14)8-10-18-16(21)11-13-5-2-1-3-6-13;/h1-3,5-6,14,17H,4,7-12H2,(H,18,21)(H,19,20);1H/t14-;/m0./s1. The molecule has 0 bridgehead atoms. The highest BCUT2D eigenvalue weighted by atomic mass is 35.5. The van der Waals surface area contributed by atoms with E-state index in [-0.39, 0.29) is 30.3 Å². The van der Waals surface area contributed by atoms with Gasteiger partial charge in [-0.15, -0.1) is 12.4 Å². The van der Waals surface area contributed by atoms with Gasteiger partial charge >= 0.3 is 0 Å². The van der Waals surface area contributed by atoms with Gasteiger partial charge in [0, 0.05) is 25.6 Å². The molecule has 1 aliphatic heterocycles. The van der Waals surface area contributed by atoms with Crippen molar-refractivity contribution < 1.29 is 9.59 Å². The molecule has 1 aromatic rings. The summed E-state index contributed by atoms with van der Waals surface area (Å²) in [5.41, 5.74) is 0.979. The molecular formula is C16H24ClN3O2. The zero-order chi connectivity index (χ0) is 14.9. The van der Waals surface area contributed by atoms with E-state index in [1.807, 2.05) is 30.3 Å². The number of benzene rings is 1. The zero-order valence-electron chi connectivity index (χ0n) is 12.6. The summed E-state index contributed by atoms with van der Waals surface area (Å²) in [5, 5.41) is 9.03. The Labute approximate surface area is 137 Å². The van der Waals surface area contributed by atoms with Gasteiger partial charge in [0.25, 0.3) is 0 Å². The Morgan fingerprint density at radius 2 is 1.95 bits per heavy atom. The summed E-state index contributed by atoms with van der Waals surface area (Å²) in [6.07, 6.45) is 2.81. The van der Waals surface area contributed by atoms with Crippen LogP contribution >= 0.6 is 12.4 Å². The first-order chi connectivity index (χ1) is 10.2. The maximum atomic E-state index is 11.8. The molecule has 3 N–H and O–H groups in total. The minimum absolute atomic E-state index is 0. The number of amides is 2. The van der Waals surface area contributed by atoms with Crippen molar-refractivity contribution in [1.82, 2.24) is 16.0 Å². The van der Waals surface area contributed by atoms with Crippen molar-refractivity contribution in [2.75, 3.05) is 19.6 Å². The second-order valence-electron chi connectivity index (χ2n) is 5.37. The monoisotopic (exact) mass is 325 g/mol. The molecule has 0 aromatic heterocycles. The van der Waals surface area contributed by atoms with E-state index in [9.17, 15) is 9.59 Å². The maximum Gasteiger partial charge on any atom is 0.224 e. The van der Waals surface area contributed by atoms with E-state index in [0.29, 0.717) is 19.4 Å². The summed E-state index contributed by atoms with van der Waals surface area (Å²) < 4.78 is 0. The third kappa shape index (κ3) is 6.91. The summed E-state index contributed by atoms with van der Waals surface area (Å²) >= 11 is 0. The van der Waals surface area contributed by atoms with Crippen molar-refractivity contribution >= 4 is 24.2 Å². The number of hydrogen-bond donors (Lipinski definition) is 3. The number of halogens is 1. The predicted molar refractivity (Wildman–Crippen MR) is 89.1 cm³/mol. The lowest BCUT2D eigenvalue weighted by atomic mass is 10.1. The fourth-order valence-electron chi connectivity index (χ4n) is 2.43. The van der Waals surface area contributed by atoms with Crippen molar-refractivity contribution in [1.29, 1.82) is 0 Å². The minimum Gasteiger partial charge on any atom is -0.355 e. The van der Waals surface area contributed by atoms with E-state index in [4.69, 9.17) is 0 Å². The first-order valence-corrected chi connectivity index (χ1v) is 7.55. The number of hydrogen-bond acceptors (Lipinski definition) is 3. The molecule has 0 saturated carbocycles. The fourth-order valence-corrected chi connectivity index (χ4v) is 2.43. The van der Waals surface area contributed by atoms with Crippen molar-refractivity contribution in [3.8, 4) is 0 Å². The lowest BCUT2D eigenvalue weighted by molar-refractivity contribution is -0.122. The van der Waals surface area contributed by atoms with Gasteiger partial charge in [0.15, 0.2) is 0 Å². The van der Waals surface area contributed by atoms with Crippen molar-refractivity contribution in [2.45, 2.75) is 31.7 Å². The lowest BCUT2D eigenvalue weighted by Gasteiger charge is -2.23. The average molecular weight is 326 g/mol. The van der Waals surface area contributed by atoms with E-state index in [2.05, 4.69) is 16.0 Å². The van der Waals surface area contributed by atoms with Crippen LogP contribution in [0, 0.1) is 0 Å². The molecule has 1 aliphatic rings. The average Bonchev–Trinajstić information content (AvgIpc) is 2.49. The number of carbonyl (C=O) groups excluding carboxylic acids is 2. The van der Waals surface area contributed by atoms with Crippen LogP contribution < -0.4 is 16.0 Å². The smallest absolute Gasteiger partial charge is 0.224 e. The lowest BCUT2D eigenvalue weighted by Crippen LogP contribution is -2.46. The highest BCUT2D eigenvalue weighted by Crippen LogP contribution is 2.01. The Morgan fingerprint density at radius 3 is 2.64 bits per heavy atom. The number of carbonyl (C=O) groups is 2. The summed E-state index contributed by atoms with van der Waals surface area (Å²) in [4.78, 5) is 23.5. The molecule has 1 aromatic carbocycles. The molecule has 6 heteroatoms. The molecule has 0 spiro atoms. The van der Waals surface area contributed by atoms with Gasteiger partial charge in [0.05, 0.1) is 6.42 Å². The SMILES string of the molecule is Cl.O=C(Cc1ccccc1)NCCC(=O)N[C@H]1CCCNC1. The third-order valence-electron chi connectivity index (χ3n) is 3.54. The summed E-state index contributed by atoms with van der Waals surface area (Å²) in [6, 6.07) is 9.81. The van der Waals surface area contributed by atoms with Crippen LogP contribution in [-0.4, -0.2) is 37.5 Å². The Kier molecular flexibility index (Phi) is 8.55. The number of rotatable bonds is 6. The van der Waals surface area contributed by atoms with Crippen LogP contribution in [0.3, 0.4) is 0 Å². The van der Waals surface area contributed by atoms with E-state index in [1.54, 1.807) is 0 Å². The number of piperidine rings is 1. The van der Waals surface area contributed by atoms with Crippen molar-refractivity contribution in [2.24, 2.45) is 0 Å². The molecular weight excluding hydrogens is 302 g/mol. The van der Waals surface area contributed by atoms with Crippen LogP contribution in [0.4, 0.5) is 0 Å². The van der Waals surface area contributed by atoms with Crippen LogP contribution in [0.2, 0.25) is 0 Å². The summed E-state index contributed by atoms with van der Waals surface area (Å²) in [5.74, 6) is -0.0444. The van der Waals surface area contributed by atoms with Crippen LogP contribution in [0.5, 0.6) is 0 Å². The van der Waals surface area contributed by atoms with Crippen LogP contribution in [0.15, 0.2) is 30.3 Å². The molecule has 2 amide bonds. The van der Waals surface area contributed by atoms with E-state index >= 15 is 0 Å². The molecule has 0 unspecified atom stereocenters. The predicted octanol–water partition coefficient (Wildman–Crippen LogP) is 1.03. The van der Waals surface area contributed by atoms with Gasteiger partial charge in [-0.25, -0.2) is 0 Å². The van der Waals surface area contributed by atoms with Gasteiger partial charge in [0.1, 0.15) is 0 Å². The second-order valence-corrected chi connectivity index (χ2v) is 5.37. The molecule has 5 nitrogen and oxygen atoms in total. The highest BCUT2D eigenvalue weighted by Gasteiger charge is 2.15. The molecule has 22 heavy (non-hydrogen) atoms. The summed E-state index contributed by atoms with van der Waals surface area (Å²) in [6.45, 7) is 2.26. The van der Waals surface area contributed by atoms with Crippen LogP contribution in [0.25, 0.3) is 0 Å². The van der Waals surface area contributed by atoms with Gasteiger partial charge in [-0.05, 0) is 24.9 Å². The molecule has 1 saturated heterocycles. The highest BCUT2D eigenvalue weighted by molar-refractivity contribution is 5.85. The fraction of sp³-hybridized carbons (Fsp3) is 0.500. The topological polar surface area (TPSA) is 70.2 Å². The van der Waals surface area contributed by atoms with Crippen LogP contribution in [0.1, 0.15) is 24.8 Å². The largest absolute Gasteiger partial charge is 0.355 e. The molecule has 0 aliphatic carbocycles. The number of nitrogens with one attached hydrogen (secondary N) is 3. The quantitative estimate of drug-likeness (QED) is 0.731. The first-order valence-electron chi connectivity index (χ1n) is 7.55. The molecule has 0 radical (unpaired) electrons. The normalized spacial score (nSPS) is 17.2. The molecule has 1 fully saturated rings. The molecule has 1 heterocycles. The van der Waals surface area contributed by atoms with E-state index in [0.717, 1.165) is 31.5 Å². The molecule has 1 atom stereocenters. The van der Waals surface area contributed by atoms with Crippen molar-refractivity contribution in [3.05, 3.63) is 35.9 Å². The second kappa shape index (κ2) is 10.2. The van der Waals surface area contributed by atoms with Gasteiger partial charge in [-0.2, -0.15) is 0 Å². The Hall–Kier alpha value is -1.59. The maximum absolute atomic E-state index is 11.8. The molecule has 2 rings (SSSR count). The Morgan fingerprint density at radius 1 is 1.18 bits per heavy atom. The summed E-state index contributed by atoms with van der Waals surface area (Å²) in [7, 11) is 0. The first kappa shape index (κ1) is 18.5. The van der Waals surface area contributed by atoms with E-state index in [1.165, 1.54) is 0 Å². The zero-order valence-corrected chi connectivity index (χ0v) is 13.5. The van der Waals surface area contributed by atoms with Gasteiger partial charge in [0.2, 0.25) is 11.8 Å². The van der Waals surface area contributed by atoms with E-state index < -0.39 is 0 Å². The molecule has 122 valence electrons. The van der Waals surface area contributed by atoms with Crippen molar-refractivity contribution in [3.63, 3.8) is 0 Å².